The standard InChI is InChI=1S/C21H29NO/c1-4-5-6-7-8-9-12-22-13-10-19(11-14-22)21-17(2)15-20(23)16-18(21)3/h10-11,13-16H,4-9,12H2,1-3H3. The Balaban J connectivity index is 1.88. The summed E-state index contributed by atoms with van der Waals surface area (Å²) in [4.78, 5) is 13.8. The number of hydrogen-bond acceptors (Lipinski definition) is 2. The van der Waals surface area contributed by atoms with Crippen LogP contribution in [0.1, 0.15) is 59.3 Å². The summed E-state index contributed by atoms with van der Waals surface area (Å²) in [5.41, 5.74) is 4.50. The summed E-state index contributed by atoms with van der Waals surface area (Å²) in [6, 6.07) is 0. The fraction of sp³-hybridized carbons (Fsp3) is 0.476. The minimum absolute atomic E-state index is 0.0952. The van der Waals surface area contributed by atoms with Crippen LogP contribution in [0.5, 0.6) is 0 Å². The Morgan fingerprint density at radius 2 is 1.43 bits per heavy atom. The quantitative estimate of drug-likeness (QED) is 0.582. The van der Waals surface area contributed by atoms with Crippen LogP contribution in [0.15, 0.2) is 59.0 Å². The summed E-state index contributed by atoms with van der Waals surface area (Å²) >= 11 is 0. The molecule has 0 saturated carbocycles. The van der Waals surface area contributed by atoms with E-state index in [1.165, 1.54) is 49.7 Å². The monoisotopic (exact) mass is 311 g/mol. The normalized spacial score (nSPS) is 17.7. The minimum atomic E-state index is 0.0952. The van der Waals surface area contributed by atoms with Gasteiger partial charge in [-0.1, -0.05) is 39.0 Å². The topological polar surface area (TPSA) is 20.3 Å². The van der Waals surface area contributed by atoms with Gasteiger partial charge in [0.1, 0.15) is 0 Å². The highest BCUT2D eigenvalue weighted by molar-refractivity contribution is 6.03. The molecule has 1 aliphatic heterocycles. The lowest BCUT2D eigenvalue weighted by Gasteiger charge is -2.22. The summed E-state index contributed by atoms with van der Waals surface area (Å²) in [6.45, 7) is 7.37. The maximum Gasteiger partial charge on any atom is 0.179 e. The number of nitrogens with zero attached hydrogens (tertiary/aromatic N) is 1. The molecule has 0 spiro atoms. The lowest BCUT2D eigenvalue weighted by atomic mass is 9.89. The lowest BCUT2D eigenvalue weighted by Crippen LogP contribution is -2.14. The largest absolute Gasteiger partial charge is 0.354 e. The van der Waals surface area contributed by atoms with Crippen molar-refractivity contribution in [1.29, 1.82) is 0 Å². The van der Waals surface area contributed by atoms with Gasteiger partial charge in [-0.3, -0.25) is 4.79 Å². The van der Waals surface area contributed by atoms with E-state index in [1.807, 2.05) is 13.8 Å². The second-order valence-corrected chi connectivity index (χ2v) is 6.52. The van der Waals surface area contributed by atoms with Crippen molar-refractivity contribution < 1.29 is 4.79 Å². The molecule has 0 aromatic heterocycles. The fourth-order valence-electron chi connectivity index (χ4n) is 3.23. The average Bonchev–Trinajstić information content (AvgIpc) is 2.51. The number of carbonyl (C=O) groups is 1. The van der Waals surface area contributed by atoms with Crippen molar-refractivity contribution in [2.24, 2.45) is 0 Å². The van der Waals surface area contributed by atoms with Crippen molar-refractivity contribution in [3.8, 4) is 0 Å². The fourth-order valence-corrected chi connectivity index (χ4v) is 3.23. The molecule has 0 atom stereocenters. The van der Waals surface area contributed by atoms with Crippen molar-refractivity contribution in [2.45, 2.75) is 59.3 Å². The summed E-state index contributed by atoms with van der Waals surface area (Å²) in [6.07, 6.45) is 20.0. The molecule has 0 bridgehead atoms. The maximum atomic E-state index is 11.6. The van der Waals surface area contributed by atoms with Gasteiger partial charge in [-0.25, -0.2) is 0 Å². The first-order valence-corrected chi connectivity index (χ1v) is 8.89. The highest BCUT2D eigenvalue weighted by Gasteiger charge is 2.15. The van der Waals surface area contributed by atoms with Crippen molar-refractivity contribution in [1.82, 2.24) is 4.90 Å². The smallest absolute Gasteiger partial charge is 0.179 e. The molecule has 1 heterocycles. The number of ketones is 1. The molecule has 2 rings (SSSR count). The molecule has 2 nitrogen and oxygen atoms in total. The van der Waals surface area contributed by atoms with Crippen molar-refractivity contribution in [3.63, 3.8) is 0 Å². The molecule has 0 unspecified atom stereocenters. The van der Waals surface area contributed by atoms with Crippen LogP contribution in [-0.4, -0.2) is 17.2 Å². The number of carbonyl (C=O) groups excluding carboxylic acids is 1. The third-order valence-corrected chi connectivity index (χ3v) is 4.46. The van der Waals surface area contributed by atoms with E-state index in [0.29, 0.717) is 0 Å². The van der Waals surface area contributed by atoms with Crippen molar-refractivity contribution in [2.75, 3.05) is 6.54 Å². The molecule has 0 fully saturated rings. The molecule has 2 aliphatic rings. The molecular weight excluding hydrogens is 282 g/mol. The van der Waals surface area contributed by atoms with E-state index in [4.69, 9.17) is 0 Å². The van der Waals surface area contributed by atoms with Crippen molar-refractivity contribution in [3.05, 3.63) is 59.0 Å². The van der Waals surface area contributed by atoms with Crippen LogP contribution in [0.25, 0.3) is 0 Å². The van der Waals surface area contributed by atoms with Gasteiger partial charge in [-0.05, 0) is 66.9 Å². The molecule has 23 heavy (non-hydrogen) atoms. The molecule has 0 radical (unpaired) electrons. The van der Waals surface area contributed by atoms with Gasteiger partial charge in [-0.15, -0.1) is 0 Å². The van der Waals surface area contributed by atoms with Gasteiger partial charge in [0.05, 0.1) is 0 Å². The molecule has 0 N–H and O–H groups in total. The molecule has 1 aliphatic carbocycles. The molecule has 124 valence electrons. The van der Waals surface area contributed by atoms with E-state index >= 15 is 0 Å². The zero-order valence-corrected chi connectivity index (χ0v) is 14.8. The Morgan fingerprint density at radius 1 is 0.870 bits per heavy atom. The van der Waals surface area contributed by atoms with E-state index in [1.54, 1.807) is 12.2 Å². The number of rotatable bonds is 7. The third kappa shape index (κ3) is 5.09. The molecule has 2 heteroatoms. The SMILES string of the molecule is CCCCCCCCN1C=CC(=C2C(C)=CC(=O)C=C2C)C=C1. The van der Waals surface area contributed by atoms with E-state index in [9.17, 15) is 4.79 Å². The summed E-state index contributed by atoms with van der Waals surface area (Å²) in [7, 11) is 0. The van der Waals surface area contributed by atoms with Gasteiger partial charge < -0.3 is 4.90 Å². The van der Waals surface area contributed by atoms with Gasteiger partial charge in [-0.2, -0.15) is 0 Å². The van der Waals surface area contributed by atoms with Crippen LogP contribution in [0.4, 0.5) is 0 Å². The predicted octanol–water partition coefficient (Wildman–Crippen LogP) is 5.46. The first kappa shape index (κ1) is 17.5. The minimum Gasteiger partial charge on any atom is -0.354 e. The van der Waals surface area contributed by atoms with Gasteiger partial charge in [0.15, 0.2) is 5.78 Å². The highest BCUT2D eigenvalue weighted by Crippen LogP contribution is 2.29. The lowest BCUT2D eigenvalue weighted by molar-refractivity contribution is -0.110. The highest BCUT2D eigenvalue weighted by atomic mass is 16.1. The number of hydrogen-bond donors (Lipinski definition) is 0. The zero-order valence-electron chi connectivity index (χ0n) is 14.8. The molecule has 0 amide bonds. The van der Waals surface area contributed by atoms with Crippen LogP contribution in [-0.2, 0) is 4.79 Å². The average molecular weight is 311 g/mol. The van der Waals surface area contributed by atoms with Crippen LogP contribution in [0.2, 0.25) is 0 Å². The number of unbranched alkanes of at least 4 members (excludes halogenated alkanes) is 5. The van der Waals surface area contributed by atoms with Crippen LogP contribution < -0.4 is 0 Å². The van der Waals surface area contributed by atoms with E-state index < -0.39 is 0 Å². The molecule has 0 aromatic carbocycles. The zero-order chi connectivity index (χ0) is 16.7. The summed E-state index contributed by atoms with van der Waals surface area (Å²) in [5.74, 6) is 0.0952. The Morgan fingerprint density at radius 3 is 2.04 bits per heavy atom. The van der Waals surface area contributed by atoms with Crippen molar-refractivity contribution >= 4 is 5.78 Å². The predicted molar refractivity (Wildman–Crippen MR) is 97.9 cm³/mol. The van der Waals surface area contributed by atoms with E-state index in [2.05, 4.69) is 36.4 Å². The van der Waals surface area contributed by atoms with Gasteiger partial charge in [0, 0.05) is 18.9 Å². The second kappa shape index (κ2) is 8.71. The molecular formula is C21H29NO. The van der Waals surface area contributed by atoms with Crippen LogP contribution >= 0.6 is 0 Å². The Kier molecular flexibility index (Phi) is 6.64. The second-order valence-electron chi connectivity index (χ2n) is 6.52. The van der Waals surface area contributed by atoms with E-state index in [0.717, 1.165) is 17.7 Å². The van der Waals surface area contributed by atoms with Gasteiger partial charge in [0.25, 0.3) is 0 Å². The Bertz CT molecular complexity index is 547. The first-order valence-electron chi connectivity index (χ1n) is 8.89. The van der Waals surface area contributed by atoms with Gasteiger partial charge in [0.2, 0.25) is 0 Å². The van der Waals surface area contributed by atoms with Crippen LogP contribution in [0.3, 0.4) is 0 Å². The summed E-state index contributed by atoms with van der Waals surface area (Å²) < 4.78 is 0. The molecule has 0 aromatic rings. The first-order chi connectivity index (χ1) is 11.1. The Hall–Kier alpha value is -1.83. The van der Waals surface area contributed by atoms with Crippen LogP contribution in [0, 0.1) is 0 Å². The maximum absolute atomic E-state index is 11.6. The van der Waals surface area contributed by atoms with E-state index in [-0.39, 0.29) is 5.78 Å². The molecule has 0 saturated heterocycles. The summed E-state index contributed by atoms with van der Waals surface area (Å²) in [5, 5.41) is 0. The number of allylic oxidation sites excluding steroid dienone is 8. The Labute approximate surface area is 140 Å². The third-order valence-electron chi connectivity index (χ3n) is 4.46. The van der Waals surface area contributed by atoms with Gasteiger partial charge >= 0.3 is 0 Å².